The van der Waals surface area contributed by atoms with Gasteiger partial charge < -0.3 is 46.5 Å². The molecule has 3 N–H and O–H groups in total. The van der Waals surface area contributed by atoms with Crippen molar-refractivity contribution in [3.8, 4) is 0 Å². The van der Waals surface area contributed by atoms with E-state index in [1.54, 1.807) is 6.92 Å². The van der Waals surface area contributed by atoms with Crippen LogP contribution in [0.5, 0.6) is 0 Å². The summed E-state index contributed by atoms with van der Waals surface area (Å²) in [7, 11) is 0. The summed E-state index contributed by atoms with van der Waals surface area (Å²) in [5, 5.41) is 29.6. The van der Waals surface area contributed by atoms with E-state index in [0.29, 0.717) is 12.5 Å². The second-order valence-corrected chi connectivity index (χ2v) is 11.5. The fraction of sp³-hybridized carbons (Fsp3) is 0.848. The first-order valence-corrected chi connectivity index (χ1v) is 15.9. The average molecular weight is 658 g/mol. The van der Waals surface area contributed by atoms with Crippen molar-refractivity contribution in [1.29, 1.82) is 0 Å². The van der Waals surface area contributed by atoms with Crippen molar-refractivity contribution in [1.82, 2.24) is 0 Å². The van der Waals surface area contributed by atoms with Crippen molar-refractivity contribution in [3.63, 3.8) is 0 Å². The summed E-state index contributed by atoms with van der Waals surface area (Å²) in [6.07, 6.45) is 21.9. The van der Waals surface area contributed by atoms with Gasteiger partial charge in [-0.1, -0.05) is 77.2 Å². The Bertz CT molecular complexity index is 598. The summed E-state index contributed by atoms with van der Waals surface area (Å²) < 4.78 is 16.6. The first-order valence-electron chi connectivity index (χ1n) is 15.9. The van der Waals surface area contributed by atoms with E-state index in [-0.39, 0.29) is 76.7 Å². The van der Waals surface area contributed by atoms with Crippen LogP contribution in [-0.2, 0) is 14.2 Å². The molecule has 3 fully saturated rings. The SMILES string of the molecule is C=CCC[C@H](O)[C@H]1CC[C@H]([C@H](O)CCCCCCCCCCCC)O1.C=C[CH2-].C[C@@H](O)[C@H]1CC[C@H]([C@@H]2CO2)O1.[Br-].[Mg+2]. The van der Waals surface area contributed by atoms with E-state index in [1.165, 1.54) is 63.9 Å². The minimum atomic E-state index is -0.424. The van der Waals surface area contributed by atoms with Gasteiger partial charge in [-0.05, 0) is 51.9 Å². The molecule has 8 atom stereocenters. The second-order valence-electron chi connectivity index (χ2n) is 11.5. The molecule has 0 bridgehead atoms. The molecule has 238 valence electrons. The number of halogens is 1. The number of aliphatic hydroxyl groups is 3. The van der Waals surface area contributed by atoms with Gasteiger partial charge in [-0.2, -0.15) is 0 Å². The largest absolute Gasteiger partial charge is 2.00 e. The molecule has 8 heteroatoms. The Morgan fingerprint density at radius 3 is 1.66 bits per heavy atom. The minimum Gasteiger partial charge on any atom is -1.00 e. The Morgan fingerprint density at radius 1 is 0.756 bits per heavy atom. The molecule has 0 saturated carbocycles. The fourth-order valence-corrected chi connectivity index (χ4v) is 5.34. The summed E-state index contributed by atoms with van der Waals surface area (Å²) in [5.74, 6) is 0. The van der Waals surface area contributed by atoms with Gasteiger partial charge in [0.05, 0.1) is 49.3 Å². The minimum absolute atomic E-state index is 0. The van der Waals surface area contributed by atoms with Gasteiger partial charge >= 0.3 is 23.1 Å². The van der Waals surface area contributed by atoms with Crippen LogP contribution in [-0.4, -0.2) is 93.8 Å². The van der Waals surface area contributed by atoms with Gasteiger partial charge in [0.2, 0.25) is 0 Å². The van der Waals surface area contributed by atoms with Crippen LogP contribution in [0.2, 0.25) is 0 Å². The molecule has 3 rings (SSSR count). The number of epoxide rings is 1. The maximum atomic E-state index is 10.3. The van der Waals surface area contributed by atoms with Crippen molar-refractivity contribution in [2.75, 3.05) is 6.61 Å². The molecule has 3 aliphatic rings. The van der Waals surface area contributed by atoms with E-state index >= 15 is 0 Å². The molecule has 0 unspecified atom stereocenters. The van der Waals surface area contributed by atoms with Crippen LogP contribution in [0.1, 0.15) is 123 Å². The van der Waals surface area contributed by atoms with E-state index in [1.807, 2.05) is 6.08 Å². The standard InChI is InChI=1S/C22H42O3.C8H14O3.C3H5.BrH.Mg/c1-3-5-7-8-9-10-11-12-13-14-16-20(24)22-18-17-21(25-22)19(23)15-6-4-2;1-5(9)6-2-3-7(11-6)8-4-10-8;1-3-2;;/h4,19-24H,2-3,5-18H2,1H3;5-9H,2-4H2,1H3;3H,1-2H2;1H;/q;;-1;;+2/p-1/t19-,20+,21+,22+;5-,6-,7-,8+;;;/m01.../s1. The van der Waals surface area contributed by atoms with Gasteiger partial charge in [0.1, 0.15) is 6.10 Å². The first-order chi connectivity index (χ1) is 18.9. The van der Waals surface area contributed by atoms with Crippen LogP contribution in [0.3, 0.4) is 0 Å². The fourth-order valence-electron chi connectivity index (χ4n) is 5.34. The molecule has 0 radical (unpaired) electrons. The Labute approximate surface area is 279 Å². The summed E-state index contributed by atoms with van der Waals surface area (Å²) >= 11 is 0. The Kier molecular flexibility index (Phi) is 29.6. The molecule has 0 aromatic heterocycles. The van der Waals surface area contributed by atoms with Crippen molar-refractivity contribution >= 4 is 23.1 Å². The second kappa shape index (κ2) is 27.9. The predicted molar refractivity (Wildman–Crippen MR) is 166 cm³/mol. The van der Waals surface area contributed by atoms with E-state index in [2.05, 4.69) is 27.0 Å². The van der Waals surface area contributed by atoms with Gasteiger partial charge in [-0.15, -0.1) is 6.58 Å². The summed E-state index contributed by atoms with van der Waals surface area (Å²) in [6, 6.07) is 0. The van der Waals surface area contributed by atoms with Crippen molar-refractivity contribution in [3.05, 3.63) is 32.2 Å². The molecule has 0 aliphatic carbocycles. The van der Waals surface area contributed by atoms with Crippen LogP contribution >= 0.6 is 0 Å². The molecule has 41 heavy (non-hydrogen) atoms. The van der Waals surface area contributed by atoms with Crippen LogP contribution in [0, 0.1) is 6.92 Å². The third kappa shape index (κ3) is 20.9. The maximum absolute atomic E-state index is 10.3. The van der Waals surface area contributed by atoms with Gasteiger partial charge in [0.25, 0.3) is 0 Å². The van der Waals surface area contributed by atoms with Crippen molar-refractivity contribution < 1.29 is 46.5 Å². The number of rotatable bonds is 18. The number of allylic oxidation sites excluding steroid dienone is 2. The van der Waals surface area contributed by atoms with Gasteiger partial charge in [-0.25, -0.2) is 19.6 Å². The molecule has 3 saturated heterocycles. The molecule has 6 nitrogen and oxygen atoms in total. The Balaban J connectivity index is 0. The molecular formula is C33H61BrMgO6. The van der Waals surface area contributed by atoms with Crippen LogP contribution in [0.15, 0.2) is 25.3 Å². The number of ether oxygens (including phenoxy) is 3. The molecule has 3 heterocycles. The molecule has 0 aromatic carbocycles. The molecule has 0 aromatic rings. The topological polar surface area (TPSA) is 91.7 Å². The zero-order valence-electron chi connectivity index (χ0n) is 26.3. The molecular weight excluding hydrogens is 597 g/mol. The normalized spacial score (nSPS) is 26.5. The average Bonchev–Trinajstić information content (AvgIpc) is 3.43. The van der Waals surface area contributed by atoms with Crippen molar-refractivity contribution in [2.45, 2.75) is 172 Å². The molecule has 3 aliphatic heterocycles. The zero-order chi connectivity index (χ0) is 28.9. The van der Waals surface area contributed by atoms with Crippen LogP contribution < -0.4 is 17.0 Å². The Morgan fingerprint density at radius 2 is 1.22 bits per heavy atom. The maximum Gasteiger partial charge on any atom is 2.00 e. The Hall–Kier alpha value is 0.356. The van der Waals surface area contributed by atoms with Crippen LogP contribution in [0.4, 0.5) is 0 Å². The number of unbranched alkanes of at least 4 members (excludes halogenated alkanes) is 9. The summed E-state index contributed by atoms with van der Waals surface area (Å²) in [6.45, 7) is 15.1. The van der Waals surface area contributed by atoms with E-state index in [0.717, 1.165) is 51.6 Å². The summed E-state index contributed by atoms with van der Waals surface area (Å²) in [4.78, 5) is 0. The zero-order valence-corrected chi connectivity index (χ0v) is 29.3. The van der Waals surface area contributed by atoms with E-state index in [4.69, 9.17) is 14.2 Å². The van der Waals surface area contributed by atoms with E-state index in [9.17, 15) is 15.3 Å². The van der Waals surface area contributed by atoms with Gasteiger partial charge in [0.15, 0.2) is 0 Å². The number of hydrogen-bond acceptors (Lipinski definition) is 6. The van der Waals surface area contributed by atoms with Crippen LogP contribution in [0.25, 0.3) is 0 Å². The molecule has 0 amide bonds. The monoisotopic (exact) mass is 656 g/mol. The first kappa shape index (κ1) is 43.5. The van der Waals surface area contributed by atoms with E-state index < -0.39 is 6.10 Å². The smallest absolute Gasteiger partial charge is 1.00 e. The molecule has 0 spiro atoms. The number of hydrogen-bond donors (Lipinski definition) is 3. The number of aliphatic hydroxyl groups excluding tert-OH is 3. The predicted octanol–water partition coefficient (Wildman–Crippen LogP) is 3.48. The third-order valence-corrected chi connectivity index (χ3v) is 7.86. The third-order valence-electron chi connectivity index (χ3n) is 7.86. The summed E-state index contributed by atoms with van der Waals surface area (Å²) in [5.41, 5.74) is 0. The van der Waals surface area contributed by atoms with Gasteiger partial charge in [0, 0.05) is 0 Å². The quantitative estimate of drug-likeness (QED) is 0.0688. The van der Waals surface area contributed by atoms with Crippen molar-refractivity contribution in [2.24, 2.45) is 0 Å². The van der Waals surface area contributed by atoms with Gasteiger partial charge in [-0.3, -0.25) is 0 Å².